The zero-order valence-corrected chi connectivity index (χ0v) is 13.4. The summed E-state index contributed by atoms with van der Waals surface area (Å²) in [6, 6.07) is 3.79. The average Bonchev–Trinajstić information content (AvgIpc) is 3.18. The summed E-state index contributed by atoms with van der Waals surface area (Å²) in [5, 5.41) is 3.55. The molecule has 1 fully saturated rings. The van der Waals surface area contributed by atoms with E-state index in [0.717, 1.165) is 36.5 Å². The Morgan fingerprint density at radius 2 is 2.55 bits per heavy atom. The van der Waals surface area contributed by atoms with Crippen molar-refractivity contribution in [3.8, 4) is 0 Å². The van der Waals surface area contributed by atoms with Crippen LogP contribution in [0.3, 0.4) is 0 Å². The molecule has 0 aliphatic carbocycles. The molecule has 2 unspecified atom stereocenters. The number of H-pyrrole nitrogens is 1. The number of rotatable bonds is 6. The zero-order valence-electron chi connectivity index (χ0n) is 12.5. The fourth-order valence-corrected chi connectivity index (χ4v) is 3.40. The minimum atomic E-state index is -0.165. The quantitative estimate of drug-likeness (QED) is 0.797. The lowest BCUT2D eigenvalue weighted by atomic mass is 10.2. The van der Waals surface area contributed by atoms with Crippen LogP contribution in [0, 0.1) is 0 Å². The fraction of sp³-hybridized carbons (Fsp3) is 0.533. The summed E-state index contributed by atoms with van der Waals surface area (Å²) in [6.07, 6.45) is 4.73. The molecule has 22 heavy (non-hydrogen) atoms. The first-order chi connectivity index (χ1) is 10.8. The topological polar surface area (TPSA) is 79.9 Å². The third kappa shape index (κ3) is 3.59. The molecule has 1 aliphatic rings. The molecule has 0 spiro atoms. The number of aromatic nitrogens is 3. The standard InChI is InChI=1S/C15H20N4O2S/c1-2-12(14(20)17-9-10-5-4-8-21-10)22-15-18-11-6-3-7-16-13(11)19-15/h3,6-7,10,12H,2,4-5,8-9H2,1H3,(H,17,20)(H,16,18,19). The van der Waals surface area contributed by atoms with E-state index >= 15 is 0 Å². The van der Waals surface area contributed by atoms with Crippen molar-refractivity contribution in [3.05, 3.63) is 18.3 Å². The normalized spacial score (nSPS) is 19.4. The molecule has 1 saturated heterocycles. The number of amides is 1. The molecule has 3 heterocycles. The number of ether oxygens (including phenoxy) is 1. The number of nitrogens with one attached hydrogen (secondary N) is 2. The molecule has 1 aliphatic heterocycles. The Balaban J connectivity index is 1.59. The highest BCUT2D eigenvalue weighted by atomic mass is 32.2. The van der Waals surface area contributed by atoms with E-state index < -0.39 is 0 Å². The minimum Gasteiger partial charge on any atom is -0.376 e. The second-order valence-corrected chi connectivity index (χ2v) is 6.50. The molecule has 3 rings (SSSR count). The van der Waals surface area contributed by atoms with E-state index in [1.165, 1.54) is 11.8 Å². The first-order valence-electron chi connectivity index (χ1n) is 7.63. The number of carbonyl (C=O) groups is 1. The van der Waals surface area contributed by atoms with Gasteiger partial charge in [-0.2, -0.15) is 0 Å². The van der Waals surface area contributed by atoms with Crippen molar-refractivity contribution in [1.82, 2.24) is 20.3 Å². The van der Waals surface area contributed by atoms with Gasteiger partial charge in [0.2, 0.25) is 5.91 Å². The van der Waals surface area contributed by atoms with Gasteiger partial charge in [-0.05, 0) is 31.4 Å². The summed E-state index contributed by atoms with van der Waals surface area (Å²) in [7, 11) is 0. The molecule has 0 bridgehead atoms. The fourth-order valence-electron chi connectivity index (χ4n) is 2.47. The van der Waals surface area contributed by atoms with Crippen molar-refractivity contribution in [2.24, 2.45) is 0 Å². The van der Waals surface area contributed by atoms with E-state index in [9.17, 15) is 4.79 Å². The van der Waals surface area contributed by atoms with Crippen LogP contribution in [-0.4, -0.2) is 45.4 Å². The number of hydrogen-bond donors (Lipinski definition) is 2. The summed E-state index contributed by atoms with van der Waals surface area (Å²) < 4.78 is 5.53. The first-order valence-corrected chi connectivity index (χ1v) is 8.51. The molecular formula is C15H20N4O2S. The molecule has 0 saturated carbocycles. The van der Waals surface area contributed by atoms with E-state index in [1.807, 2.05) is 19.1 Å². The molecular weight excluding hydrogens is 300 g/mol. The maximum atomic E-state index is 12.3. The Morgan fingerprint density at radius 3 is 3.27 bits per heavy atom. The van der Waals surface area contributed by atoms with E-state index in [0.29, 0.717) is 12.2 Å². The first kappa shape index (κ1) is 15.3. The molecule has 6 nitrogen and oxygen atoms in total. The van der Waals surface area contributed by atoms with Gasteiger partial charge in [-0.15, -0.1) is 0 Å². The van der Waals surface area contributed by atoms with Gasteiger partial charge in [0.1, 0.15) is 0 Å². The van der Waals surface area contributed by atoms with Crippen LogP contribution in [0.2, 0.25) is 0 Å². The number of fused-ring (bicyclic) bond motifs is 1. The highest BCUT2D eigenvalue weighted by molar-refractivity contribution is 8.00. The second kappa shape index (κ2) is 7.11. The van der Waals surface area contributed by atoms with Crippen LogP contribution in [0.1, 0.15) is 26.2 Å². The smallest absolute Gasteiger partial charge is 0.233 e. The van der Waals surface area contributed by atoms with Gasteiger partial charge >= 0.3 is 0 Å². The lowest BCUT2D eigenvalue weighted by Gasteiger charge is -2.15. The molecule has 2 aromatic rings. The van der Waals surface area contributed by atoms with Crippen LogP contribution in [0.15, 0.2) is 23.5 Å². The van der Waals surface area contributed by atoms with Crippen LogP contribution in [0.4, 0.5) is 0 Å². The van der Waals surface area contributed by atoms with Crippen molar-refractivity contribution in [3.63, 3.8) is 0 Å². The summed E-state index contributed by atoms with van der Waals surface area (Å²) >= 11 is 1.45. The van der Waals surface area contributed by atoms with Gasteiger partial charge in [0.25, 0.3) is 0 Å². The number of carbonyl (C=O) groups excluding carboxylic acids is 1. The average molecular weight is 320 g/mol. The third-order valence-corrected chi connectivity index (χ3v) is 4.93. The number of imidazole rings is 1. The number of nitrogens with zero attached hydrogens (tertiary/aromatic N) is 2. The predicted molar refractivity (Wildman–Crippen MR) is 85.8 cm³/mol. The molecule has 0 aromatic carbocycles. The predicted octanol–water partition coefficient (Wildman–Crippen LogP) is 2.12. The Bertz CT molecular complexity index is 606. The van der Waals surface area contributed by atoms with E-state index in [2.05, 4.69) is 20.3 Å². The molecule has 2 N–H and O–H groups in total. The van der Waals surface area contributed by atoms with Gasteiger partial charge in [0, 0.05) is 19.3 Å². The number of thioether (sulfide) groups is 1. The van der Waals surface area contributed by atoms with Crippen molar-refractivity contribution in [2.75, 3.05) is 13.2 Å². The van der Waals surface area contributed by atoms with Crippen LogP contribution in [-0.2, 0) is 9.53 Å². The summed E-state index contributed by atoms with van der Waals surface area (Å²) in [6.45, 7) is 3.40. The van der Waals surface area contributed by atoms with Crippen molar-refractivity contribution in [1.29, 1.82) is 0 Å². The van der Waals surface area contributed by atoms with Crippen molar-refractivity contribution >= 4 is 28.8 Å². The molecule has 2 aromatic heterocycles. The van der Waals surface area contributed by atoms with Gasteiger partial charge in [-0.1, -0.05) is 18.7 Å². The van der Waals surface area contributed by atoms with Gasteiger partial charge in [-0.25, -0.2) is 9.97 Å². The van der Waals surface area contributed by atoms with E-state index in [1.54, 1.807) is 6.20 Å². The molecule has 1 amide bonds. The maximum Gasteiger partial charge on any atom is 0.233 e. The van der Waals surface area contributed by atoms with Gasteiger partial charge < -0.3 is 15.0 Å². The second-order valence-electron chi connectivity index (χ2n) is 5.31. The number of aromatic amines is 1. The Hall–Kier alpha value is -1.60. The molecule has 0 radical (unpaired) electrons. The lowest BCUT2D eigenvalue weighted by Crippen LogP contribution is -2.37. The zero-order chi connectivity index (χ0) is 15.4. The Kier molecular flexibility index (Phi) is 4.94. The van der Waals surface area contributed by atoms with Gasteiger partial charge in [-0.3, -0.25) is 4.79 Å². The Morgan fingerprint density at radius 1 is 1.64 bits per heavy atom. The summed E-state index contributed by atoms with van der Waals surface area (Å²) in [5.41, 5.74) is 1.57. The summed E-state index contributed by atoms with van der Waals surface area (Å²) in [4.78, 5) is 24.1. The molecule has 2 atom stereocenters. The SMILES string of the molecule is CCC(Sc1nc2ncccc2[nH]1)C(=O)NCC1CCCO1. The molecule has 118 valence electrons. The highest BCUT2D eigenvalue weighted by Crippen LogP contribution is 2.24. The highest BCUT2D eigenvalue weighted by Gasteiger charge is 2.22. The third-order valence-electron chi connectivity index (χ3n) is 3.68. The van der Waals surface area contributed by atoms with E-state index in [4.69, 9.17) is 4.74 Å². The van der Waals surface area contributed by atoms with Crippen LogP contribution in [0.5, 0.6) is 0 Å². The van der Waals surface area contributed by atoms with Crippen LogP contribution in [0.25, 0.3) is 11.2 Å². The monoisotopic (exact) mass is 320 g/mol. The minimum absolute atomic E-state index is 0.0383. The van der Waals surface area contributed by atoms with Crippen LogP contribution >= 0.6 is 11.8 Å². The Labute approximate surface area is 133 Å². The van der Waals surface area contributed by atoms with Crippen LogP contribution < -0.4 is 5.32 Å². The van der Waals surface area contributed by atoms with Crippen molar-refractivity contribution < 1.29 is 9.53 Å². The van der Waals surface area contributed by atoms with Crippen molar-refractivity contribution in [2.45, 2.75) is 42.7 Å². The van der Waals surface area contributed by atoms with Gasteiger partial charge in [0.05, 0.1) is 16.9 Å². The molecule has 7 heteroatoms. The number of hydrogen-bond acceptors (Lipinski definition) is 5. The van der Waals surface area contributed by atoms with Gasteiger partial charge in [0.15, 0.2) is 10.8 Å². The van der Waals surface area contributed by atoms with E-state index in [-0.39, 0.29) is 17.3 Å². The lowest BCUT2D eigenvalue weighted by molar-refractivity contribution is -0.121. The number of pyridine rings is 1. The summed E-state index contributed by atoms with van der Waals surface area (Å²) in [5.74, 6) is 0.0383. The maximum absolute atomic E-state index is 12.3. The largest absolute Gasteiger partial charge is 0.376 e.